The van der Waals surface area contributed by atoms with Crippen molar-refractivity contribution < 1.29 is 28.8 Å². The van der Waals surface area contributed by atoms with Crippen molar-refractivity contribution >= 4 is 40.7 Å². The first-order valence-electron chi connectivity index (χ1n) is 12.4. The summed E-state index contributed by atoms with van der Waals surface area (Å²) >= 11 is 17.4. The van der Waals surface area contributed by atoms with Crippen LogP contribution in [0.15, 0.2) is 91.0 Å². The Morgan fingerprint density at radius 2 is 1.23 bits per heavy atom. The van der Waals surface area contributed by atoms with Crippen molar-refractivity contribution in [2.45, 2.75) is 54.3 Å². The summed E-state index contributed by atoms with van der Waals surface area (Å²) in [5.41, 5.74) is 2.81. The van der Waals surface area contributed by atoms with Gasteiger partial charge in [-0.3, -0.25) is 4.79 Å². The number of halogens is 3. The Balaban J connectivity index is 1.57. The highest BCUT2D eigenvalue weighted by Crippen LogP contribution is 2.30. The zero-order valence-electron chi connectivity index (χ0n) is 21.0. The van der Waals surface area contributed by atoms with E-state index in [-0.39, 0.29) is 19.8 Å². The molecule has 1 aliphatic rings. The van der Waals surface area contributed by atoms with E-state index in [1.807, 2.05) is 91.0 Å². The van der Waals surface area contributed by atoms with E-state index in [4.69, 9.17) is 53.8 Å². The first-order chi connectivity index (χ1) is 18.8. The van der Waals surface area contributed by atoms with Crippen LogP contribution in [0.2, 0.25) is 0 Å². The molecular weight excluding hydrogens is 565 g/mol. The molecule has 0 aliphatic carbocycles. The van der Waals surface area contributed by atoms with Gasteiger partial charge in [0.1, 0.15) is 24.4 Å². The molecule has 208 valence electrons. The number of alkyl halides is 3. The number of nitrogens with one attached hydrogen (secondary N) is 1. The number of carbonyl (C=O) groups is 1. The molecule has 1 aliphatic heterocycles. The first-order valence-corrected chi connectivity index (χ1v) is 13.6. The summed E-state index contributed by atoms with van der Waals surface area (Å²) in [7, 11) is 0. The number of aliphatic hydroxyl groups excluding tert-OH is 1. The van der Waals surface area contributed by atoms with Crippen LogP contribution in [0.4, 0.5) is 0 Å². The molecule has 5 atom stereocenters. The highest BCUT2D eigenvalue weighted by Gasteiger charge is 2.49. The highest BCUT2D eigenvalue weighted by molar-refractivity contribution is 6.76. The molecule has 0 unspecified atom stereocenters. The molecule has 0 saturated carbocycles. The summed E-state index contributed by atoms with van der Waals surface area (Å²) in [6.45, 7) is 0.852. The maximum atomic E-state index is 12.6. The minimum Gasteiger partial charge on any atom is -0.374 e. The van der Waals surface area contributed by atoms with Gasteiger partial charge in [-0.2, -0.15) is 0 Å². The minimum atomic E-state index is -2.25. The van der Waals surface area contributed by atoms with Crippen molar-refractivity contribution in [2.24, 2.45) is 0 Å². The number of benzene rings is 3. The van der Waals surface area contributed by atoms with Crippen LogP contribution < -0.4 is 5.32 Å². The summed E-state index contributed by atoms with van der Waals surface area (Å²) in [6.07, 6.45) is -3.84. The fraction of sp³-hybridized carbons (Fsp3) is 0.345. The Morgan fingerprint density at radius 3 is 1.72 bits per heavy atom. The van der Waals surface area contributed by atoms with Crippen LogP contribution in [-0.4, -0.2) is 52.1 Å². The molecule has 10 heteroatoms. The van der Waals surface area contributed by atoms with Crippen molar-refractivity contribution in [3.05, 3.63) is 108 Å². The number of ether oxygens (including phenoxy) is 4. The summed E-state index contributed by atoms with van der Waals surface area (Å²) < 4.78 is 22.3. The van der Waals surface area contributed by atoms with Crippen molar-refractivity contribution in [2.75, 3.05) is 6.61 Å². The molecule has 2 N–H and O–H groups in total. The normalized spacial score (nSPS) is 23.3. The second-order valence-corrected chi connectivity index (χ2v) is 11.4. The molecule has 3 aromatic rings. The van der Waals surface area contributed by atoms with E-state index in [0.717, 1.165) is 16.7 Å². The molecule has 1 fully saturated rings. The van der Waals surface area contributed by atoms with Crippen LogP contribution in [0, 0.1) is 0 Å². The number of amides is 1. The van der Waals surface area contributed by atoms with E-state index >= 15 is 0 Å². The zero-order valence-corrected chi connectivity index (χ0v) is 23.3. The molecule has 7 nitrogen and oxygen atoms in total. The maximum absolute atomic E-state index is 12.6. The average molecular weight is 595 g/mol. The second kappa shape index (κ2) is 14.4. The highest BCUT2D eigenvalue weighted by atomic mass is 35.6. The van der Waals surface area contributed by atoms with Gasteiger partial charge in [-0.25, -0.2) is 0 Å². The lowest BCUT2D eigenvalue weighted by molar-refractivity contribution is -0.277. The predicted molar refractivity (Wildman–Crippen MR) is 149 cm³/mol. The standard InChI is InChI=1S/C29H30Cl3NO6/c30-29(31,32)28(35)33-24-26(38-18-22-14-8-3-9-15-22)25(37-17-21-12-6-2-7-13-21)23(39-27(24)34)19-36-16-20-10-4-1-5-11-20/h1-15,23-27,34H,16-19H2,(H,33,35)/t23-,24-,25+,26-,27+/m1/s1. The second-order valence-electron chi connectivity index (χ2n) is 9.09. The van der Waals surface area contributed by atoms with Gasteiger partial charge in [-0.1, -0.05) is 126 Å². The third-order valence-electron chi connectivity index (χ3n) is 6.19. The Bertz CT molecular complexity index is 1150. The lowest BCUT2D eigenvalue weighted by Gasteiger charge is -2.45. The third-order valence-corrected chi connectivity index (χ3v) is 6.70. The van der Waals surface area contributed by atoms with E-state index in [2.05, 4.69) is 5.32 Å². The van der Waals surface area contributed by atoms with E-state index in [9.17, 15) is 9.90 Å². The number of hydrogen-bond donors (Lipinski definition) is 2. The molecule has 1 amide bonds. The van der Waals surface area contributed by atoms with Gasteiger partial charge in [-0.05, 0) is 16.7 Å². The van der Waals surface area contributed by atoms with Crippen LogP contribution in [0.25, 0.3) is 0 Å². The predicted octanol–water partition coefficient (Wildman–Crippen LogP) is 4.95. The molecule has 1 heterocycles. The minimum absolute atomic E-state index is 0.0989. The van der Waals surface area contributed by atoms with E-state index in [1.54, 1.807) is 0 Å². The number of hydrogen-bond acceptors (Lipinski definition) is 6. The van der Waals surface area contributed by atoms with E-state index in [0.29, 0.717) is 6.61 Å². The summed E-state index contributed by atoms with van der Waals surface area (Å²) in [5.74, 6) is -0.922. The lowest BCUT2D eigenvalue weighted by Crippen LogP contribution is -2.66. The van der Waals surface area contributed by atoms with Gasteiger partial charge in [0.05, 0.1) is 26.4 Å². The summed E-state index contributed by atoms with van der Waals surface area (Å²) in [6, 6.07) is 27.7. The monoisotopic (exact) mass is 593 g/mol. The Kier molecular flexibility index (Phi) is 11.0. The molecule has 0 radical (unpaired) electrons. The van der Waals surface area contributed by atoms with Gasteiger partial charge in [0.15, 0.2) is 6.29 Å². The summed E-state index contributed by atoms with van der Waals surface area (Å²) in [5, 5.41) is 13.6. The summed E-state index contributed by atoms with van der Waals surface area (Å²) in [4.78, 5) is 12.6. The largest absolute Gasteiger partial charge is 0.374 e. The van der Waals surface area contributed by atoms with Crippen molar-refractivity contribution in [1.29, 1.82) is 0 Å². The topological polar surface area (TPSA) is 86.3 Å². The van der Waals surface area contributed by atoms with Crippen LogP contribution in [0.5, 0.6) is 0 Å². The molecule has 0 bridgehead atoms. The van der Waals surface area contributed by atoms with E-state index < -0.39 is 40.3 Å². The van der Waals surface area contributed by atoms with Gasteiger partial charge < -0.3 is 29.4 Å². The van der Waals surface area contributed by atoms with Crippen molar-refractivity contribution in [1.82, 2.24) is 5.32 Å². The molecule has 0 aromatic heterocycles. The fourth-order valence-electron chi connectivity index (χ4n) is 4.24. The van der Waals surface area contributed by atoms with Gasteiger partial charge in [0, 0.05) is 0 Å². The Labute approximate surface area is 242 Å². The first kappa shape index (κ1) is 29.8. The Hall–Kier alpha value is -2.20. The van der Waals surface area contributed by atoms with Crippen molar-refractivity contribution in [3.63, 3.8) is 0 Å². The number of rotatable bonds is 11. The molecule has 39 heavy (non-hydrogen) atoms. The Morgan fingerprint density at radius 1 is 0.769 bits per heavy atom. The molecule has 3 aromatic carbocycles. The van der Waals surface area contributed by atoms with Crippen LogP contribution >= 0.6 is 34.8 Å². The third kappa shape index (κ3) is 8.90. The maximum Gasteiger partial charge on any atom is 0.272 e. The smallest absolute Gasteiger partial charge is 0.272 e. The van der Waals surface area contributed by atoms with Crippen LogP contribution in [0.3, 0.4) is 0 Å². The fourth-order valence-corrected chi connectivity index (χ4v) is 4.40. The molecule has 4 rings (SSSR count). The van der Waals surface area contributed by atoms with Gasteiger partial charge >= 0.3 is 0 Å². The zero-order chi connectivity index (χ0) is 27.7. The number of carbonyl (C=O) groups excluding carboxylic acids is 1. The lowest BCUT2D eigenvalue weighted by atomic mass is 9.96. The van der Waals surface area contributed by atoms with Gasteiger partial charge in [0.2, 0.25) is 0 Å². The SMILES string of the molecule is O=C(N[C@@H]1[C@@H](OCc2ccccc2)[C@@H](OCc2ccccc2)[C@@H](COCc2ccccc2)O[C@@H]1O)C(Cl)(Cl)Cl. The van der Waals surface area contributed by atoms with Crippen molar-refractivity contribution in [3.8, 4) is 0 Å². The van der Waals surface area contributed by atoms with E-state index in [1.165, 1.54) is 0 Å². The van der Waals surface area contributed by atoms with Crippen LogP contribution in [0.1, 0.15) is 16.7 Å². The average Bonchev–Trinajstić information content (AvgIpc) is 2.94. The molecule has 1 saturated heterocycles. The molecule has 0 spiro atoms. The van der Waals surface area contributed by atoms with Crippen LogP contribution in [-0.2, 0) is 43.6 Å². The number of aliphatic hydroxyl groups is 1. The van der Waals surface area contributed by atoms with Gasteiger partial charge in [-0.15, -0.1) is 0 Å². The quantitative estimate of drug-likeness (QED) is 0.306. The van der Waals surface area contributed by atoms with Gasteiger partial charge in [0.25, 0.3) is 9.70 Å². The molecular formula is C29H30Cl3NO6.